The van der Waals surface area contributed by atoms with Gasteiger partial charge in [0.15, 0.2) is 0 Å². The summed E-state index contributed by atoms with van der Waals surface area (Å²) in [6, 6.07) is 15.0. The van der Waals surface area contributed by atoms with Crippen molar-refractivity contribution in [3.63, 3.8) is 0 Å². The molecule has 0 aliphatic carbocycles. The van der Waals surface area contributed by atoms with Gasteiger partial charge in [-0.2, -0.15) is 0 Å². The highest BCUT2D eigenvalue weighted by molar-refractivity contribution is 5.93. The van der Waals surface area contributed by atoms with Crippen molar-refractivity contribution in [2.24, 2.45) is 0 Å². The third-order valence-electron chi connectivity index (χ3n) is 6.57. The third kappa shape index (κ3) is 4.47. The Kier molecular flexibility index (Phi) is 7.09. The van der Waals surface area contributed by atoms with Gasteiger partial charge in [-0.1, -0.05) is 37.3 Å². The molecule has 1 aliphatic heterocycles. The number of hydrogen-bond donors (Lipinski definition) is 2. The monoisotopic (exact) mass is 462 g/mol. The maximum Gasteiger partial charge on any atom is 0.274 e. The number of aldehydes is 1. The van der Waals surface area contributed by atoms with E-state index in [1.54, 1.807) is 22.5 Å². The minimum absolute atomic E-state index is 0.00307. The van der Waals surface area contributed by atoms with Gasteiger partial charge in [0, 0.05) is 41.8 Å². The summed E-state index contributed by atoms with van der Waals surface area (Å²) in [5.74, 6) is -0.545. The van der Waals surface area contributed by atoms with Crippen LogP contribution in [0.4, 0.5) is 0 Å². The minimum atomic E-state index is -0.542. The first-order valence-electron chi connectivity index (χ1n) is 11.5. The highest BCUT2D eigenvalue weighted by Gasteiger charge is 2.35. The first kappa shape index (κ1) is 23.7. The van der Waals surface area contributed by atoms with Gasteiger partial charge in [-0.3, -0.25) is 19.7 Å². The molecule has 4 rings (SSSR count). The Bertz CT molecular complexity index is 1200. The maximum absolute atomic E-state index is 13.3. The number of aromatic nitrogens is 1. The van der Waals surface area contributed by atoms with Gasteiger partial charge in [0.2, 0.25) is 5.91 Å². The quantitative estimate of drug-likeness (QED) is 0.305. The van der Waals surface area contributed by atoms with Crippen LogP contribution in [0.1, 0.15) is 40.5 Å². The number of benzene rings is 2. The summed E-state index contributed by atoms with van der Waals surface area (Å²) in [5, 5.41) is 9.98. The Balaban J connectivity index is 1.68. The molecule has 1 aliphatic rings. The fourth-order valence-electron chi connectivity index (χ4n) is 4.86. The standard InChI is InChI=1S/C26H30N4O4/c1-3-12-29(13-14-31)26(33)23-15-21-20-6-4-5-7-22(20)30(24(21)17-28(23)2)16-18-8-10-19(11-9-18)25(32)27-34/h4-11,14,23,34H,3,12-13,15-17H2,1-2H3,(H,27,32). The minimum Gasteiger partial charge on any atom is -0.339 e. The number of carbonyl (C=O) groups is 3. The van der Waals surface area contributed by atoms with Crippen LogP contribution in [-0.4, -0.2) is 63.9 Å². The number of carbonyl (C=O) groups excluding carboxylic acids is 3. The van der Waals surface area contributed by atoms with Crippen molar-refractivity contribution in [2.45, 2.75) is 38.9 Å². The SMILES string of the molecule is CCCN(CC=O)C(=O)C1Cc2c(n(Cc3ccc(C(=O)NO)cc3)c3ccccc23)CN1C. The number of nitrogens with zero attached hydrogens (tertiary/aromatic N) is 3. The maximum atomic E-state index is 13.3. The van der Waals surface area contributed by atoms with E-state index in [1.165, 1.54) is 11.3 Å². The molecule has 34 heavy (non-hydrogen) atoms. The Labute approximate surface area is 198 Å². The Morgan fingerprint density at radius 1 is 1.18 bits per heavy atom. The van der Waals surface area contributed by atoms with Crippen LogP contribution in [0.2, 0.25) is 0 Å². The van der Waals surface area contributed by atoms with E-state index in [9.17, 15) is 14.4 Å². The fourth-order valence-corrected chi connectivity index (χ4v) is 4.86. The summed E-state index contributed by atoms with van der Waals surface area (Å²) in [4.78, 5) is 39.8. The molecule has 0 bridgehead atoms. The van der Waals surface area contributed by atoms with E-state index < -0.39 is 5.91 Å². The van der Waals surface area contributed by atoms with Crippen LogP contribution >= 0.6 is 0 Å². The molecule has 178 valence electrons. The molecule has 0 spiro atoms. The van der Waals surface area contributed by atoms with E-state index in [0.29, 0.717) is 31.6 Å². The van der Waals surface area contributed by atoms with Gasteiger partial charge >= 0.3 is 0 Å². The zero-order valence-electron chi connectivity index (χ0n) is 19.5. The topological polar surface area (TPSA) is 94.9 Å². The van der Waals surface area contributed by atoms with Gasteiger partial charge < -0.3 is 14.3 Å². The van der Waals surface area contributed by atoms with Gasteiger partial charge in [-0.15, -0.1) is 0 Å². The molecule has 2 N–H and O–H groups in total. The summed E-state index contributed by atoms with van der Waals surface area (Å²) in [6.45, 7) is 3.93. The molecule has 3 aromatic rings. The molecule has 2 heterocycles. The largest absolute Gasteiger partial charge is 0.339 e. The van der Waals surface area contributed by atoms with E-state index in [4.69, 9.17) is 5.21 Å². The summed E-state index contributed by atoms with van der Waals surface area (Å²) < 4.78 is 2.28. The second-order valence-corrected chi connectivity index (χ2v) is 8.75. The van der Waals surface area contributed by atoms with E-state index in [-0.39, 0.29) is 18.5 Å². The van der Waals surface area contributed by atoms with Gasteiger partial charge in [0.25, 0.3) is 5.91 Å². The Morgan fingerprint density at radius 2 is 1.91 bits per heavy atom. The predicted molar refractivity (Wildman–Crippen MR) is 129 cm³/mol. The van der Waals surface area contributed by atoms with Crippen molar-refractivity contribution < 1.29 is 19.6 Å². The molecule has 1 aromatic heterocycles. The van der Waals surface area contributed by atoms with E-state index in [2.05, 4.69) is 21.6 Å². The number of para-hydroxylation sites is 1. The first-order valence-corrected chi connectivity index (χ1v) is 11.5. The van der Waals surface area contributed by atoms with Gasteiger partial charge in [0.1, 0.15) is 6.29 Å². The molecule has 2 amide bonds. The average Bonchev–Trinajstić information content (AvgIpc) is 3.15. The Hall–Kier alpha value is -3.49. The van der Waals surface area contributed by atoms with Crippen LogP contribution in [0.3, 0.4) is 0 Å². The molecular weight excluding hydrogens is 432 g/mol. The molecule has 2 aromatic carbocycles. The molecule has 8 nitrogen and oxygen atoms in total. The molecule has 0 fully saturated rings. The third-order valence-corrected chi connectivity index (χ3v) is 6.57. The molecule has 8 heteroatoms. The normalized spacial score (nSPS) is 15.7. The van der Waals surface area contributed by atoms with E-state index in [0.717, 1.165) is 29.2 Å². The van der Waals surface area contributed by atoms with Crippen LogP contribution in [0, 0.1) is 0 Å². The Morgan fingerprint density at radius 3 is 2.59 bits per heavy atom. The van der Waals surface area contributed by atoms with Crippen molar-refractivity contribution in [2.75, 3.05) is 20.1 Å². The lowest BCUT2D eigenvalue weighted by Gasteiger charge is -2.35. The van der Waals surface area contributed by atoms with Gasteiger partial charge in [-0.25, -0.2) is 5.48 Å². The second kappa shape index (κ2) is 10.2. The first-order chi connectivity index (χ1) is 16.5. The van der Waals surface area contributed by atoms with Crippen LogP contribution in [0.15, 0.2) is 48.5 Å². The second-order valence-electron chi connectivity index (χ2n) is 8.75. The van der Waals surface area contributed by atoms with Crippen LogP contribution < -0.4 is 5.48 Å². The highest BCUT2D eigenvalue weighted by atomic mass is 16.5. The lowest BCUT2D eigenvalue weighted by atomic mass is 9.96. The summed E-state index contributed by atoms with van der Waals surface area (Å²) in [7, 11) is 1.96. The highest BCUT2D eigenvalue weighted by Crippen LogP contribution is 2.33. The van der Waals surface area contributed by atoms with E-state index in [1.807, 2.05) is 38.2 Å². The number of fused-ring (bicyclic) bond motifs is 3. The zero-order chi connectivity index (χ0) is 24.2. The number of amides is 2. The van der Waals surface area contributed by atoms with Gasteiger partial charge in [0.05, 0.1) is 12.6 Å². The summed E-state index contributed by atoms with van der Waals surface area (Å²) >= 11 is 0. The van der Waals surface area contributed by atoms with Crippen LogP contribution in [-0.2, 0) is 29.1 Å². The zero-order valence-corrected chi connectivity index (χ0v) is 19.5. The van der Waals surface area contributed by atoms with Crippen molar-refractivity contribution in [1.29, 1.82) is 0 Å². The molecule has 1 atom stereocenters. The predicted octanol–water partition coefficient (Wildman–Crippen LogP) is 2.60. The number of hydrogen-bond acceptors (Lipinski definition) is 5. The summed E-state index contributed by atoms with van der Waals surface area (Å²) in [6.07, 6.45) is 2.19. The van der Waals surface area contributed by atoms with Gasteiger partial charge in [-0.05, 0) is 49.2 Å². The van der Waals surface area contributed by atoms with Crippen molar-refractivity contribution in [3.05, 3.63) is 70.9 Å². The lowest BCUT2D eigenvalue weighted by molar-refractivity contribution is -0.138. The number of nitrogens with one attached hydrogen (secondary N) is 1. The molecular formula is C26H30N4O4. The smallest absolute Gasteiger partial charge is 0.274 e. The molecule has 0 saturated carbocycles. The number of rotatable bonds is 8. The van der Waals surface area contributed by atoms with Crippen molar-refractivity contribution >= 4 is 29.0 Å². The lowest BCUT2D eigenvalue weighted by Crippen LogP contribution is -2.51. The number of hydroxylamine groups is 1. The molecule has 1 unspecified atom stereocenters. The number of likely N-dealkylation sites (N-methyl/N-ethyl adjacent to an activating group) is 1. The molecule has 0 saturated heterocycles. The fraction of sp³-hybridized carbons (Fsp3) is 0.346. The van der Waals surface area contributed by atoms with E-state index >= 15 is 0 Å². The van der Waals surface area contributed by atoms with Crippen LogP contribution in [0.25, 0.3) is 10.9 Å². The average molecular weight is 463 g/mol. The van der Waals surface area contributed by atoms with Crippen molar-refractivity contribution in [3.8, 4) is 0 Å². The van der Waals surface area contributed by atoms with Crippen molar-refractivity contribution in [1.82, 2.24) is 19.8 Å². The molecule has 0 radical (unpaired) electrons. The summed E-state index contributed by atoms with van der Waals surface area (Å²) in [5.41, 5.74) is 6.51. The van der Waals surface area contributed by atoms with Crippen LogP contribution in [0.5, 0.6) is 0 Å².